The van der Waals surface area contributed by atoms with E-state index in [2.05, 4.69) is 5.32 Å². The maximum Gasteiger partial charge on any atom is 0.261 e. The molecule has 28 heavy (non-hydrogen) atoms. The summed E-state index contributed by atoms with van der Waals surface area (Å²) in [5, 5.41) is 4.75. The first-order valence-corrected chi connectivity index (χ1v) is 10.2. The van der Waals surface area contributed by atoms with Gasteiger partial charge in [0, 0.05) is 18.7 Å². The number of carbonyl (C=O) groups excluding carboxylic acids is 2. The molecule has 1 heterocycles. The minimum atomic E-state index is -0.0814. The van der Waals surface area contributed by atoms with Crippen LogP contribution in [0, 0.1) is 6.92 Å². The summed E-state index contributed by atoms with van der Waals surface area (Å²) in [7, 11) is 0. The van der Waals surface area contributed by atoms with E-state index in [0.717, 1.165) is 16.8 Å². The standard InChI is InChI=1S/C23H24N2O2S/c1-18-11-13-20(14-12-18)25(17-19-7-3-2-4-8-19)22(26)10-5-15-24-23(27)21-9-6-16-28-21/h2-4,6-9,11-14,16H,5,10,15,17H2,1H3,(H,24,27). The van der Waals surface area contributed by atoms with Crippen LogP contribution >= 0.6 is 11.3 Å². The van der Waals surface area contributed by atoms with Crippen LogP contribution in [0.5, 0.6) is 0 Å². The van der Waals surface area contributed by atoms with E-state index in [1.165, 1.54) is 11.3 Å². The molecule has 0 saturated heterocycles. The highest BCUT2D eigenvalue weighted by atomic mass is 32.1. The van der Waals surface area contributed by atoms with Gasteiger partial charge in [0.15, 0.2) is 0 Å². The number of thiophene rings is 1. The van der Waals surface area contributed by atoms with Crippen molar-refractivity contribution in [3.8, 4) is 0 Å². The van der Waals surface area contributed by atoms with Gasteiger partial charge in [-0.05, 0) is 42.5 Å². The summed E-state index contributed by atoms with van der Waals surface area (Å²) in [6, 6.07) is 21.6. The Morgan fingerprint density at radius 1 is 0.964 bits per heavy atom. The number of amides is 2. The molecule has 4 nitrogen and oxygen atoms in total. The lowest BCUT2D eigenvalue weighted by Crippen LogP contribution is -2.31. The molecule has 0 bridgehead atoms. The molecular weight excluding hydrogens is 368 g/mol. The molecule has 2 aromatic carbocycles. The summed E-state index contributed by atoms with van der Waals surface area (Å²) in [5.41, 5.74) is 3.14. The molecule has 0 spiro atoms. The Bertz CT molecular complexity index is 890. The monoisotopic (exact) mass is 392 g/mol. The van der Waals surface area contributed by atoms with Gasteiger partial charge in [0.2, 0.25) is 5.91 Å². The Morgan fingerprint density at radius 3 is 2.39 bits per heavy atom. The van der Waals surface area contributed by atoms with Crippen molar-refractivity contribution in [3.05, 3.63) is 88.1 Å². The van der Waals surface area contributed by atoms with Gasteiger partial charge in [-0.15, -0.1) is 11.3 Å². The summed E-state index contributed by atoms with van der Waals surface area (Å²) in [4.78, 5) is 27.4. The molecule has 0 radical (unpaired) electrons. The average Bonchev–Trinajstić information content (AvgIpc) is 3.26. The first kappa shape index (κ1) is 19.8. The molecule has 2 amide bonds. The molecule has 0 atom stereocenters. The van der Waals surface area contributed by atoms with Crippen LogP contribution in [0.15, 0.2) is 72.1 Å². The van der Waals surface area contributed by atoms with Crippen LogP contribution in [0.4, 0.5) is 5.69 Å². The van der Waals surface area contributed by atoms with Crippen LogP contribution in [0.2, 0.25) is 0 Å². The molecule has 5 heteroatoms. The molecule has 1 aromatic heterocycles. The molecule has 0 aliphatic heterocycles. The summed E-state index contributed by atoms with van der Waals surface area (Å²) >= 11 is 1.41. The van der Waals surface area contributed by atoms with Crippen molar-refractivity contribution in [2.45, 2.75) is 26.3 Å². The molecule has 0 aliphatic carbocycles. The van der Waals surface area contributed by atoms with Crippen LogP contribution < -0.4 is 10.2 Å². The SMILES string of the molecule is Cc1ccc(N(Cc2ccccc2)C(=O)CCCNC(=O)c2cccs2)cc1. The van der Waals surface area contributed by atoms with Gasteiger partial charge in [0.05, 0.1) is 11.4 Å². The van der Waals surface area contributed by atoms with Crippen molar-refractivity contribution in [2.24, 2.45) is 0 Å². The molecule has 0 unspecified atom stereocenters. The second kappa shape index (κ2) is 9.85. The maximum atomic E-state index is 12.9. The Kier molecular flexibility index (Phi) is 6.98. The van der Waals surface area contributed by atoms with E-state index in [1.54, 1.807) is 6.07 Å². The second-order valence-electron chi connectivity index (χ2n) is 6.64. The number of nitrogens with one attached hydrogen (secondary N) is 1. The number of rotatable bonds is 8. The molecule has 0 saturated carbocycles. The number of anilines is 1. The zero-order valence-electron chi connectivity index (χ0n) is 15.9. The van der Waals surface area contributed by atoms with Crippen molar-refractivity contribution in [3.63, 3.8) is 0 Å². The number of aryl methyl sites for hydroxylation is 1. The maximum absolute atomic E-state index is 12.9. The molecule has 3 aromatic rings. The largest absolute Gasteiger partial charge is 0.351 e. The smallest absolute Gasteiger partial charge is 0.261 e. The minimum Gasteiger partial charge on any atom is -0.351 e. The number of nitrogens with zero attached hydrogens (tertiary/aromatic N) is 1. The third-order valence-corrected chi connectivity index (χ3v) is 5.30. The quantitative estimate of drug-likeness (QED) is 0.560. The van der Waals surface area contributed by atoms with Gasteiger partial charge in [0.25, 0.3) is 5.91 Å². The van der Waals surface area contributed by atoms with Gasteiger partial charge < -0.3 is 10.2 Å². The van der Waals surface area contributed by atoms with E-state index in [0.29, 0.717) is 30.8 Å². The van der Waals surface area contributed by atoms with Gasteiger partial charge in [-0.2, -0.15) is 0 Å². The van der Waals surface area contributed by atoms with E-state index in [4.69, 9.17) is 0 Å². The zero-order valence-corrected chi connectivity index (χ0v) is 16.7. The third kappa shape index (κ3) is 5.54. The van der Waals surface area contributed by atoms with Crippen molar-refractivity contribution in [1.82, 2.24) is 5.32 Å². The summed E-state index contributed by atoms with van der Waals surface area (Å²) in [6.07, 6.45) is 0.985. The lowest BCUT2D eigenvalue weighted by molar-refractivity contribution is -0.118. The lowest BCUT2D eigenvalue weighted by Gasteiger charge is -2.23. The predicted octanol–water partition coefficient (Wildman–Crippen LogP) is 4.80. The topological polar surface area (TPSA) is 49.4 Å². The Morgan fingerprint density at radius 2 is 1.71 bits per heavy atom. The molecule has 3 rings (SSSR count). The molecule has 144 valence electrons. The van der Waals surface area contributed by atoms with Crippen molar-refractivity contribution in [1.29, 1.82) is 0 Å². The fourth-order valence-electron chi connectivity index (χ4n) is 2.89. The normalized spacial score (nSPS) is 10.5. The van der Waals surface area contributed by atoms with E-state index in [1.807, 2.05) is 77.9 Å². The molecular formula is C23H24N2O2S. The fraction of sp³-hybridized carbons (Fsp3) is 0.217. The summed E-state index contributed by atoms with van der Waals surface area (Å²) in [6.45, 7) is 3.04. The lowest BCUT2D eigenvalue weighted by atomic mass is 10.1. The van der Waals surface area contributed by atoms with E-state index >= 15 is 0 Å². The minimum absolute atomic E-state index is 0.0538. The summed E-state index contributed by atoms with van der Waals surface area (Å²) in [5.74, 6) is -0.0276. The van der Waals surface area contributed by atoms with Gasteiger partial charge in [-0.25, -0.2) is 0 Å². The predicted molar refractivity (Wildman–Crippen MR) is 115 cm³/mol. The second-order valence-corrected chi connectivity index (χ2v) is 7.59. The third-order valence-electron chi connectivity index (χ3n) is 4.43. The number of hydrogen-bond donors (Lipinski definition) is 1. The highest BCUT2D eigenvalue weighted by Crippen LogP contribution is 2.20. The number of hydrogen-bond acceptors (Lipinski definition) is 3. The molecule has 1 N–H and O–H groups in total. The fourth-order valence-corrected chi connectivity index (χ4v) is 3.53. The first-order valence-electron chi connectivity index (χ1n) is 9.36. The van der Waals surface area contributed by atoms with E-state index in [9.17, 15) is 9.59 Å². The van der Waals surface area contributed by atoms with Crippen molar-refractivity contribution >= 4 is 28.8 Å². The molecule has 0 fully saturated rings. The van der Waals surface area contributed by atoms with Crippen LogP contribution in [0.3, 0.4) is 0 Å². The van der Waals surface area contributed by atoms with Gasteiger partial charge >= 0.3 is 0 Å². The van der Waals surface area contributed by atoms with Gasteiger partial charge in [-0.1, -0.05) is 54.1 Å². The molecule has 0 aliphatic rings. The number of benzene rings is 2. The highest BCUT2D eigenvalue weighted by molar-refractivity contribution is 7.12. The van der Waals surface area contributed by atoms with Gasteiger partial charge in [0.1, 0.15) is 0 Å². The first-order chi connectivity index (χ1) is 13.6. The Hall–Kier alpha value is -2.92. The Balaban J connectivity index is 1.59. The zero-order chi connectivity index (χ0) is 19.8. The highest BCUT2D eigenvalue weighted by Gasteiger charge is 2.16. The van der Waals surface area contributed by atoms with E-state index in [-0.39, 0.29) is 11.8 Å². The van der Waals surface area contributed by atoms with Crippen molar-refractivity contribution < 1.29 is 9.59 Å². The van der Waals surface area contributed by atoms with Crippen LogP contribution in [0.1, 0.15) is 33.6 Å². The summed E-state index contributed by atoms with van der Waals surface area (Å²) < 4.78 is 0. The van der Waals surface area contributed by atoms with Gasteiger partial charge in [-0.3, -0.25) is 9.59 Å². The van der Waals surface area contributed by atoms with E-state index < -0.39 is 0 Å². The van der Waals surface area contributed by atoms with Crippen molar-refractivity contribution in [2.75, 3.05) is 11.4 Å². The van der Waals surface area contributed by atoms with Crippen LogP contribution in [0.25, 0.3) is 0 Å². The average molecular weight is 393 g/mol. The Labute approximate surface area is 169 Å². The van der Waals surface area contributed by atoms with Crippen LogP contribution in [-0.2, 0) is 11.3 Å². The van der Waals surface area contributed by atoms with Crippen LogP contribution in [-0.4, -0.2) is 18.4 Å². The number of carbonyl (C=O) groups is 2.